The van der Waals surface area contributed by atoms with E-state index in [1.54, 1.807) is 6.92 Å². The molecule has 3 aromatic carbocycles. The standard InChI is InChI=1S/C26H28BrN3O.C23H31F2N3O3/c1-29-14-10-17(11-15-29)18-8-9-19-22(16-18)30-21-7-5-6-20(27)23(21)24(31)28-25(30)26(19)12-3-2-4-13-26;1-16(7-8-21(30)26-15-29)22-19(24)13-18(14-20(22)25)27-9-11-28(12-10-27)23(31)17-5-3-2-4-6-17/h5-9,16-17H,2-4,10-15H2,1H3;13-17H,2-12H2,1H3,(H,26,29,30). The molecule has 1 unspecified atom stereocenters. The monoisotopic (exact) mass is 912 g/mol. The minimum absolute atomic E-state index is 0.0114. The SMILES string of the molecule is CC(CCC(=O)NC=O)c1c(F)cc(N2CCN(C(=O)C3CCCCC3)CC2)cc1F.CN1CCC(c2ccc3c(c2)-n2c(nc(=O)c4c(Br)cccc42)C32CCCCC2)CC1. The predicted molar refractivity (Wildman–Crippen MR) is 242 cm³/mol. The maximum Gasteiger partial charge on any atom is 0.281 e. The van der Waals surface area contributed by atoms with Gasteiger partial charge in [-0.3, -0.25) is 29.1 Å². The maximum absolute atomic E-state index is 14.7. The van der Waals surface area contributed by atoms with Crippen LogP contribution in [0.15, 0.2) is 57.8 Å². The Hall–Kier alpha value is -4.49. The Kier molecular flexibility index (Phi) is 13.6. The maximum atomic E-state index is 14.7. The lowest BCUT2D eigenvalue weighted by atomic mass is 9.69. The van der Waals surface area contributed by atoms with Crippen LogP contribution in [0.1, 0.15) is 131 Å². The quantitative estimate of drug-likeness (QED) is 0.176. The number of benzene rings is 3. The number of carbonyl (C=O) groups is 3. The summed E-state index contributed by atoms with van der Waals surface area (Å²) in [5.74, 6) is -0.324. The topological polar surface area (TPSA) is 108 Å². The summed E-state index contributed by atoms with van der Waals surface area (Å²) in [5, 5.41) is 2.71. The first-order valence-corrected chi connectivity index (χ1v) is 23.6. The minimum Gasteiger partial charge on any atom is -0.368 e. The van der Waals surface area contributed by atoms with Gasteiger partial charge in [-0.25, -0.2) is 8.78 Å². The number of rotatable bonds is 8. The largest absolute Gasteiger partial charge is 0.368 e. The highest BCUT2D eigenvalue weighted by molar-refractivity contribution is 9.10. The van der Waals surface area contributed by atoms with Crippen molar-refractivity contribution in [2.45, 2.75) is 114 Å². The van der Waals surface area contributed by atoms with Crippen molar-refractivity contribution in [2.75, 3.05) is 51.2 Å². The Bertz CT molecular complexity index is 2340. The highest BCUT2D eigenvalue weighted by atomic mass is 79.9. The van der Waals surface area contributed by atoms with Gasteiger partial charge in [0.05, 0.1) is 22.0 Å². The number of nitrogens with zero attached hydrogens (tertiary/aromatic N) is 5. The van der Waals surface area contributed by atoms with Crippen molar-refractivity contribution in [3.05, 3.63) is 97.5 Å². The van der Waals surface area contributed by atoms with E-state index in [4.69, 9.17) is 4.98 Å². The van der Waals surface area contributed by atoms with E-state index in [1.807, 2.05) is 27.2 Å². The molecule has 330 valence electrons. The molecule has 4 aromatic rings. The number of piperidine rings is 1. The van der Waals surface area contributed by atoms with Crippen LogP contribution in [-0.2, 0) is 19.8 Å². The Balaban J connectivity index is 0.000000171. The van der Waals surface area contributed by atoms with E-state index >= 15 is 0 Å². The molecule has 9 rings (SSSR count). The van der Waals surface area contributed by atoms with Gasteiger partial charge in [0.15, 0.2) is 0 Å². The summed E-state index contributed by atoms with van der Waals surface area (Å²) in [6.45, 7) is 6.17. The molecule has 2 saturated carbocycles. The summed E-state index contributed by atoms with van der Waals surface area (Å²) >= 11 is 3.61. The fourth-order valence-electron chi connectivity index (χ4n) is 10.9. The number of halogens is 3. The second-order valence-electron chi connectivity index (χ2n) is 18.3. The van der Waals surface area contributed by atoms with Gasteiger partial charge in [0.25, 0.3) is 5.56 Å². The molecule has 3 aliphatic heterocycles. The molecule has 0 radical (unpaired) electrons. The van der Waals surface area contributed by atoms with Crippen molar-refractivity contribution in [1.82, 2.24) is 24.7 Å². The molecule has 1 atom stereocenters. The first kappa shape index (κ1) is 44.1. The van der Waals surface area contributed by atoms with E-state index < -0.39 is 23.5 Å². The van der Waals surface area contributed by atoms with Gasteiger partial charge in [-0.1, -0.05) is 63.6 Å². The molecule has 4 heterocycles. The van der Waals surface area contributed by atoms with Crippen molar-refractivity contribution in [3.63, 3.8) is 0 Å². The van der Waals surface area contributed by atoms with Gasteiger partial charge in [0.1, 0.15) is 17.5 Å². The molecule has 4 fully saturated rings. The molecule has 10 nitrogen and oxygen atoms in total. The number of nitrogens with one attached hydrogen (secondary N) is 1. The number of hydrogen-bond donors (Lipinski definition) is 1. The third kappa shape index (κ3) is 8.85. The Morgan fingerprint density at radius 2 is 1.58 bits per heavy atom. The Labute approximate surface area is 371 Å². The fraction of sp³-hybridized carbons (Fsp3) is 0.531. The molecule has 1 N–H and O–H groups in total. The minimum atomic E-state index is -0.640. The predicted octanol–water partition coefficient (Wildman–Crippen LogP) is 8.87. The van der Waals surface area contributed by atoms with E-state index in [2.05, 4.69) is 56.7 Å². The van der Waals surface area contributed by atoms with E-state index in [9.17, 15) is 28.0 Å². The molecular weight excluding hydrogens is 854 g/mol. The van der Waals surface area contributed by atoms with Crippen molar-refractivity contribution in [3.8, 4) is 5.69 Å². The van der Waals surface area contributed by atoms with Crippen molar-refractivity contribution >= 4 is 50.7 Å². The third-order valence-electron chi connectivity index (χ3n) is 14.5. The summed E-state index contributed by atoms with van der Waals surface area (Å²) in [6, 6.07) is 15.9. The van der Waals surface area contributed by atoms with Gasteiger partial charge in [0, 0.05) is 54.2 Å². The first-order valence-electron chi connectivity index (χ1n) is 22.8. The number of carbonyl (C=O) groups excluding carboxylic acids is 3. The van der Waals surface area contributed by atoms with Gasteiger partial charge in [-0.15, -0.1) is 0 Å². The Morgan fingerprint density at radius 3 is 2.26 bits per heavy atom. The zero-order valence-corrected chi connectivity index (χ0v) is 37.7. The second kappa shape index (κ2) is 19.1. The van der Waals surface area contributed by atoms with Crippen LogP contribution in [0.3, 0.4) is 0 Å². The van der Waals surface area contributed by atoms with E-state index in [1.165, 1.54) is 67.5 Å². The number of fused-ring (bicyclic) bond motifs is 7. The van der Waals surface area contributed by atoms with Crippen LogP contribution in [0.5, 0.6) is 0 Å². The molecule has 0 bridgehead atoms. The molecule has 1 aromatic heterocycles. The number of amides is 3. The highest BCUT2D eigenvalue weighted by Gasteiger charge is 2.46. The van der Waals surface area contributed by atoms with Gasteiger partial charge < -0.3 is 14.7 Å². The van der Waals surface area contributed by atoms with Gasteiger partial charge in [0.2, 0.25) is 18.2 Å². The van der Waals surface area contributed by atoms with Crippen LogP contribution in [0.25, 0.3) is 16.6 Å². The summed E-state index contributed by atoms with van der Waals surface area (Å²) < 4.78 is 32.6. The molecule has 13 heteroatoms. The summed E-state index contributed by atoms with van der Waals surface area (Å²) in [4.78, 5) is 58.5. The zero-order valence-electron chi connectivity index (χ0n) is 36.1. The van der Waals surface area contributed by atoms with Crippen LogP contribution >= 0.6 is 15.9 Å². The lowest BCUT2D eigenvalue weighted by Crippen LogP contribution is -2.50. The highest BCUT2D eigenvalue weighted by Crippen LogP contribution is 2.52. The van der Waals surface area contributed by atoms with E-state index in [0.29, 0.717) is 49.6 Å². The van der Waals surface area contributed by atoms with Crippen LogP contribution in [0, 0.1) is 17.6 Å². The number of likely N-dealkylation sites (tertiary alicyclic amines) is 1. The molecule has 5 aliphatic rings. The average Bonchev–Trinajstić information content (AvgIpc) is 3.53. The lowest BCUT2D eigenvalue weighted by molar-refractivity contribution is -0.136. The fourth-order valence-corrected chi connectivity index (χ4v) is 11.5. The number of imide groups is 1. The zero-order chi connectivity index (χ0) is 43.5. The molecule has 2 aliphatic carbocycles. The number of hydrogen-bond acceptors (Lipinski definition) is 7. The number of anilines is 1. The average molecular weight is 914 g/mol. The molecule has 1 spiro atoms. The van der Waals surface area contributed by atoms with Crippen LogP contribution < -0.4 is 15.8 Å². The summed E-state index contributed by atoms with van der Waals surface area (Å²) in [5.41, 5.74) is 5.24. The van der Waals surface area contributed by atoms with Crippen LogP contribution in [-0.4, -0.2) is 83.9 Å². The van der Waals surface area contributed by atoms with Crippen molar-refractivity contribution < 1.29 is 23.2 Å². The van der Waals surface area contributed by atoms with E-state index in [-0.39, 0.29) is 41.2 Å². The van der Waals surface area contributed by atoms with Crippen molar-refractivity contribution in [2.24, 2.45) is 5.92 Å². The number of piperazine rings is 1. The van der Waals surface area contributed by atoms with Gasteiger partial charge in [-0.2, -0.15) is 4.98 Å². The summed E-state index contributed by atoms with van der Waals surface area (Å²) in [6.07, 6.45) is 14.1. The van der Waals surface area contributed by atoms with E-state index in [0.717, 1.165) is 67.4 Å². The first-order chi connectivity index (χ1) is 30.0. The van der Waals surface area contributed by atoms with Gasteiger partial charge >= 0.3 is 0 Å². The van der Waals surface area contributed by atoms with Crippen molar-refractivity contribution in [1.29, 1.82) is 0 Å². The molecule has 62 heavy (non-hydrogen) atoms. The lowest BCUT2D eigenvalue weighted by Gasteiger charge is -2.38. The molecule has 2 saturated heterocycles. The van der Waals surface area contributed by atoms with Crippen LogP contribution in [0.4, 0.5) is 14.5 Å². The molecule has 3 amide bonds. The number of aromatic nitrogens is 2. The molecular formula is C49H59BrF2N6O4. The Morgan fingerprint density at radius 1 is 0.903 bits per heavy atom. The van der Waals surface area contributed by atoms with Crippen LogP contribution in [0.2, 0.25) is 0 Å². The third-order valence-corrected chi connectivity index (χ3v) is 15.1. The smallest absolute Gasteiger partial charge is 0.281 e. The normalized spacial score (nSPS) is 19.7. The summed E-state index contributed by atoms with van der Waals surface area (Å²) in [7, 11) is 2.22. The second-order valence-corrected chi connectivity index (χ2v) is 19.2. The van der Waals surface area contributed by atoms with Gasteiger partial charge in [-0.05, 0) is 134 Å².